The molecule has 1 aliphatic rings. The second-order valence-electron chi connectivity index (χ2n) is 3.95. The summed E-state index contributed by atoms with van der Waals surface area (Å²) in [7, 11) is 0. The number of nitriles is 1. The van der Waals surface area contributed by atoms with E-state index in [1.807, 2.05) is 0 Å². The average molecular weight is 251 g/mol. The number of carbonyl (C=O) groups excluding carboxylic acids is 1. The van der Waals surface area contributed by atoms with Crippen molar-refractivity contribution in [2.24, 2.45) is 5.92 Å². The predicted molar refractivity (Wildman–Crippen MR) is 61.3 cm³/mol. The highest BCUT2D eigenvalue weighted by atomic mass is 35.5. The van der Waals surface area contributed by atoms with Gasteiger partial charge < -0.3 is 4.90 Å². The normalized spacial score (nSPS) is 19.8. The van der Waals surface area contributed by atoms with Crippen molar-refractivity contribution in [2.45, 2.75) is 12.8 Å². The molecule has 5 nitrogen and oxygen atoms in total. The first-order valence-electron chi connectivity index (χ1n) is 5.37. The Morgan fingerprint density at radius 3 is 3.12 bits per heavy atom. The molecule has 1 fully saturated rings. The van der Waals surface area contributed by atoms with Crippen molar-refractivity contribution in [3.63, 3.8) is 0 Å². The summed E-state index contributed by atoms with van der Waals surface area (Å²) in [5.74, 6) is -0.292. The van der Waals surface area contributed by atoms with E-state index in [4.69, 9.17) is 16.9 Å². The van der Waals surface area contributed by atoms with E-state index in [0.29, 0.717) is 13.1 Å². The summed E-state index contributed by atoms with van der Waals surface area (Å²) < 4.78 is 0. The predicted octanol–water partition coefficient (Wildman–Crippen LogP) is 1.51. The van der Waals surface area contributed by atoms with Crippen LogP contribution in [-0.4, -0.2) is 33.9 Å². The van der Waals surface area contributed by atoms with Crippen LogP contribution in [0.15, 0.2) is 12.4 Å². The van der Waals surface area contributed by atoms with Crippen LogP contribution in [-0.2, 0) is 0 Å². The molecule has 1 amide bonds. The molecule has 1 aromatic heterocycles. The lowest BCUT2D eigenvalue weighted by molar-refractivity contribution is 0.0692. The number of hydrogen-bond acceptors (Lipinski definition) is 4. The van der Waals surface area contributed by atoms with E-state index in [1.54, 1.807) is 4.90 Å². The zero-order chi connectivity index (χ0) is 12.3. The minimum atomic E-state index is -0.208. The Labute approximate surface area is 104 Å². The first kappa shape index (κ1) is 11.8. The molecule has 0 aromatic carbocycles. The summed E-state index contributed by atoms with van der Waals surface area (Å²) in [4.78, 5) is 21.5. The van der Waals surface area contributed by atoms with Gasteiger partial charge in [0.2, 0.25) is 0 Å². The molecule has 0 spiro atoms. The van der Waals surface area contributed by atoms with Crippen LogP contribution in [0, 0.1) is 17.2 Å². The molecule has 1 aromatic rings. The van der Waals surface area contributed by atoms with E-state index in [1.165, 1.54) is 12.4 Å². The van der Waals surface area contributed by atoms with Gasteiger partial charge in [-0.05, 0) is 12.8 Å². The van der Waals surface area contributed by atoms with Crippen LogP contribution < -0.4 is 0 Å². The summed E-state index contributed by atoms with van der Waals surface area (Å²) in [6.07, 6.45) is 4.47. The Balaban J connectivity index is 2.12. The topological polar surface area (TPSA) is 69.9 Å². The number of piperidine rings is 1. The molecular formula is C11H11ClN4O. The van der Waals surface area contributed by atoms with Crippen LogP contribution in [0.2, 0.25) is 5.15 Å². The fourth-order valence-corrected chi connectivity index (χ4v) is 2.02. The van der Waals surface area contributed by atoms with Crippen LogP contribution >= 0.6 is 11.6 Å². The van der Waals surface area contributed by atoms with Gasteiger partial charge in [-0.25, -0.2) is 4.98 Å². The van der Waals surface area contributed by atoms with Gasteiger partial charge in [-0.1, -0.05) is 11.6 Å². The molecule has 1 atom stereocenters. The molecule has 6 heteroatoms. The third-order valence-corrected chi connectivity index (χ3v) is 2.90. The molecule has 0 bridgehead atoms. The third-order valence-electron chi connectivity index (χ3n) is 2.72. The standard InChI is InChI=1S/C11H11ClN4O/c12-10-6-14-5-9(15-10)11(17)16-3-1-2-8(4-13)7-16/h5-6,8H,1-3,7H2. The first-order chi connectivity index (χ1) is 8.20. The van der Waals surface area contributed by atoms with Crippen LogP contribution in [0.4, 0.5) is 0 Å². The van der Waals surface area contributed by atoms with Crippen molar-refractivity contribution < 1.29 is 4.79 Å². The number of rotatable bonds is 1. The Morgan fingerprint density at radius 1 is 1.59 bits per heavy atom. The molecule has 17 heavy (non-hydrogen) atoms. The molecule has 0 saturated carbocycles. The van der Waals surface area contributed by atoms with E-state index < -0.39 is 0 Å². The second kappa shape index (κ2) is 5.11. The minimum absolute atomic E-state index is 0.0835. The molecule has 1 aliphatic heterocycles. The van der Waals surface area contributed by atoms with E-state index in [0.717, 1.165) is 12.8 Å². The van der Waals surface area contributed by atoms with E-state index in [9.17, 15) is 4.79 Å². The summed E-state index contributed by atoms with van der Waals surface area (Å²) >= 11 is 5.69. The average Bonchev–Trinajstić information content (AvgIpc) is 2.38. The van der Waals surface area contributed by atoms with Gasteiger partial charge in [0.05, 0.1) is 24.4 Å². The Bertz CT molecular complexity index is 471. The number of amides is 1. The first-order valence-corrected chi connectivity index (χ1v) is 5.75. The Kier molecular flexibility index (Phi) is 3.55. The van der Waals surface area contributed by atoms with Crippen molar-refractivity contribution >= 4 is 17.5 Å². The lowest BCUT2D eigenvalue weighted by Gasteiger charge is -2.29. The number of carbonyl (C=O) groups is 1. The van der Waals surface area contributed by atoms with Crippen LogP contribution in [0.5, 0.6) is 0 Å². The van der Waals surface area contributed by atoms with Crippen molar-refractivity contribution in [1.82, 2.24) is 14.9 Å². The van der Waals surface area contributed by atoms with Gasteiger partial charge in [0, 0.05) is 13.1 Å². The van der Waals surface area contributed by atoms with Gasteiger partial charge >= 0.3 is 0 Å². The molecule has 88 valence electrons. The van der Waals surface area contributed by atoms with Crippen molar-refractivity contribution in [1.29, 1.82) is 5.26 Å². The van der Waals surface area contributed by atoms with E-state index in [2.05, 4.69) is 16.0 Å². The highest BCUT2D eigenvalue weighted by molar-refractivity contribution is 6.29. The van der Waals surface area contributed by atoms with Gasteiger partial charge in [0.25, 0.3) is 5.91 Å². The highest BCUT2D eigenvalue weighted by Gasteiger charge is 2.25. The van der Waals surface area contributed by atoms with E-state index >= 15 is 0 Å². The molecule has 2 rings (SSSR count). The van der Waals surface area contributed by atoms with Crippen LogP contribution in [0.25, 0.3) is 0 Å². The summed E-state index contributed by atoms with van der Waals surface area (Å²) in [6.45, 7) is 1.12. The van der Waals surface area contributed by atoms with Crippen LogP contribution in [0.3, 0.4) is 0 Å². The fraction of sp³-hybridized carbons (Fsp3) is 0.455. The van der Waals surface area contributed by atoms with Gasteiger partial charge in [0.15, 0.2) is 0 Å². The van der Waals surface area contributed by atoms with Crippen molar-refractivity contribution in [3.8, 4) is 6.07 Å². The largest absolute Gasteiger partial charge is 0.336 e. The fourth-order valence-electron chi connectivity index (χ4n) is 1.87. The molecule has 0 aliphatic carbocycles. The van der Waals surface area contributed by atoms with Gasteiger partial charge in [-0.2, -0.15) is 5.26 Å². The molecule has 1 saturated heterocycles. The zero-order valence-corrected chi connectivity index (χ0v) is 9.89. The quantitative estimate of drug-likeness (QED) is 0.757. The Morgan fingerprint density at radius 2 is 2.41 bits per heavy atom. The van der Waals surface area contributed by atoms with Crippen molar-refractivity contribution in [2.75, 3.05) is 13.1 Å². The van der Waals surface area contributed by atoms with Crippen LogP contribution in [0.1, 0.15) is 23.3 Å². The lowest BCUT2D eigenvalue weighted by Crippen LogP contribution is -2.39. The zero-order valence-electron chi connectivity index (χ0n) is 9.14. The number of halogens is 1. The molecule has 1 unspecified atom stereocenters. The Hall–Kier alpha value is -1.67. The number of likely N-dealkylation sites (tertiary alicyclic amines) is 1. The highest BCUT2D eigenvalue weighted by Crippen LogP contribution is 2.17. The molecule has 0 radical (unpaired) electrons. The monoisotopic (exact) mass is 250 g/mol. The number of hydrogen-bond donors (Lipinski definition) is 0. The van der Waals surface area contributed by atoms with Gasteiger partial charge in [0.1, 0.15) is 10.8 Å². The second-order valence-corrected chi connectivity index (χ2v) is 4.33. The maximum atomic E-state index is 12.1. The SMILES string of the molecule is N#CC1CCCN(C(=O)c2cncc(Cl)n2)C1. The third kappa shape index (κ3) is 2.71. The summed E-state index contributed by atoms with van der Waals surface area (Å²) in [5.41, 5.74) is 0.232. The van der Waals surface area contributed by atoms with E-state index in [-0.39, 0.29) is 22.7 Å². The molecule has 2 heterocycles. The maximum Gasteiger partial charge on any atom is 0.274 e. The summed E-state index contributed by atoms with van der Waals surface area (Å²) in [5, 5.41) is 9.07. The van der Waals surface area contributed by atoms with Gasteiger partial charge in [-0.15, -0.1) is 0 Å². The maximum absolute atomic E-state index is 12.1. The molecule has 0 N–H and O–H groups in total. The summed E-state index contributed by atoms with van der Waals surface area (Å²) in [6, 6.07) is 2.20. The minimum Gasteiger partial charge on any atom is -0.336 e. The smallest absolute Gasteiger partial charge is 0.274 e. The van der Waals surface area contributed by atoms with Gasteiger partial charge in [-0.3, -0.25) is 9.78 Å². The van der Waals surface area contributed by atoms with Crippen molar-refractivity contribution in [3.05, 3.63) is 23.2 Å². The number of aromatic nitrogens is 2. The molecular weight excluding hydrogens is 240 g/mol. The lowest BCUT2D eigenvalue weighted by atomic mass is 9.99. The number of nitrogens with zero attached hydrogens (tertiary/aromatic N) is 4.